The first-order valence-corrected chi connectivity index (χ1v) is 7.16. The van der Waals surface area contributed by atoms with Gasteiger partial charge in [-0.1, -0.05) is 12.2 Å². The third-order valence-corrected chi connectivity index (χ3v) is 3.62. The lowest BCUT2D eigenvalue weighted by Crippen LogP contribution is -2.35. The molecule has 108 valence electrons. The average Bonchev–Trinajstić information content (AvgIpc) is 2.87. The number of imidazole rings is 1. The molecule has 1 N–H and O–H groups in total. The molecule has 2 amide bonds. The Morgan fingerprint density at radius 1 is 1.45 bits per heavy atom. The van der Waals surface area contributed by atoms with Gasteiger partial charge in [0, 0.05) is 19.4 Å². The Labute approximate surface area is 115 Å². The smallest absolute Gasteiger partial charge is 0.336 e. The van der Waals surface area contributed by atoms with E-state index >= 15 is 0 Å². The van der Waals surface area contributed by atoms with E-state index in [1.807, 2.05) is 0 Å². The Balaban J connectivity index is 1.90. The lowest BCUT2D eigenvalue weighted by atomic mass is 10.1. The quantitative estimate of drug-likeness (QED) is 0.616. The standard InChI is InChI=1S/C10H12N4O5S/c1-12-5-4-11-9(12)8-3-2-7-6-13(8)10(15)14(7)19-20(16,17)18/h2-5,7-8H,6H2,1H3,(H,16,17,18)/t7?,8-/m0/s1. The van der Waals surface area contributed by atoms with Gasteiger partial charge >= 0.3 is 16.4 Å². The van der Waals surface area contributed by atoms with E-state index in [1.165, 1.54) is 4.90 Å². The van der Waals surface area contributed by atoms with Crippen molar-refractivity contribution in [1.29, 1.82) is 0 Å². The van der Waals surface area contributed by atoms with Gasteiger partial charge in [0.2, 0.25) is 0 Å². The van der Waals surface area contributed by atoms with E-state index in [4.69, 9.17) is 4.55 Å². The number of aryl methyl sites for hydroxylation is 1. The molecule has 1 saturated heterocycles. The Bertz CT molecular complexity index is 682. The van der Waals surface area contributed by atoms with Crippen LogP contribution < -0.4 is 0 Å². The first-order chi connectivity index (χ1) is 9.37. The van der Waals surface area contributed by atoms with Crippen molar-refractivity contribution in [2.45, 2.75) is 12.1 Å². The highest BCUT2D eigenvalue weighted by Gasteiger charge is 2.46. The maximum atomic E-state index is 12.2. The normalized spacial score (nSPS) is 25.6. The van der Waals surface area contributed by atoms with Crippen LogP contribution in [0, 0.1) is 0 Å². The molecule has 0 radical (unpaired) electrons. The van der Waals surface area contributed by atoms with Gasteiger partial charge in [0.25, 0.3) is 0 Å². The van der Waals surface area contributed by atoms with E-state index in [1.54, 1.807) is 36.2 Å². The minimum absolute atomic E-state index is 0.266. The topological polar surface area (TPSA) is 105 Å². The lowest BCUT2D eigenvalue weighted by Gasteiger charge is -2.25. The molecule has 0 aromatic carbocycles. The maximum absolute atomic E-state index is 12.2. The second-order valence-electron chi connectivity index (χ2n) is 4.56. The highest BCUT2D eigenvalue weighted by molar-refractivity contribution is 7.80. The molecule has 1 aromatic rings. The molecule has 2 atom stereocenters. The van der Waals surface area contributed by atoms with Crippen molar-refractivity contribution in [2.75, 3.05) is 6.54 Å². The summed E-state index contributed by atoms with van der Waals surface area (Å²) in [6.45, 7) is 0.266. The van der Waals surface area contributed by atoms with E-state index < -0.39 is 28.5 Å². The fourth-order valence-corrected chi connectivity index (χ4v) is 2.78. The predicted molar refractivity (Wildman–Crippen MR) is 65.5 cm³/mol. The minimum Gasteiger partial charge on any atom is -0.336 e. The number of aromatic nitrogens is 2. The zero-order chi connectivity index (χ0) is 14.5. The number of hydroxylamine groups is 2. The van der Waals surface area contributed by atoms with Gasteiger partial charge in [0.1, 0.15) is 11.9 Å². The van der Waals surface area contributed by atoms with Gasteiger partial charge in [-0.3, -0.25) is 4.55 Å². The van der Waals surface area contributed by atoms with Crippen molar-refractivity contribution < 1.29 is 22.0 Å². The molecule has 0 saturated carbocycles. The fraction of sp³-hybridized carbons (Fsp3) is 0.400. The molecule has 10 heteroatoms. The van der Waals surface area contributed by atoms with Crippen molar-refractivity contribution in [3.8, 4) is 0 Å². The second kappa shape index (κ2) is 4.30. The fourth-order valence-electron chi connectivity index (χ4n) is 2.41. The SMILES string of the molecule is Cn1ccnc1[C@@H]1C=CC2CN1C(=O)N2OS(=O)(=O)O. The molecule has 1 fully saturated rings. The summed E-state index contributed by atoms with van der Waals surface area (Å²) in [6.07, 6.45) is 6.78. The lowest BCUT2D eigenvalue weighted by molar-refractivity contribution is -0.0186. The Morgan fingerprint density at radius 2 is 2.20 bits per heavy atom. The summed E-state index contributed by atoms with van der Waals surface area (Å²) in [6, 6.07) is -1.58. The molecule has 0 spiro atoms. The van der Waals surface area contributed by atoms with Crippen LogP contribution in [-0.2, 0) is 21.7 Å². The molecule has 3 heterocycles. The van der Waals surface area contributed by atoms with Crippen molar-refractivity contribution in [1.82, 2.24) is 19.5 Å². The number of rotatable bonds is 3. The van der Waals surface area contributed by atoms with Crippen LogP contribution in [0.15, 0.2) is 24.5 Å². The van der Waals surface area contributed by atoms with Gasteiger partial charge in [0.05, 0.1) is 12.6 Å². The van der Waals surface area contributed by atoms with E-state index in [0.717, 1.165) is 0 Å². The number of hydrogen-bond donors (Lipinski definition) is 1. The Morgan fingerprint density at radius 3 is 2.80 bits per heavy atom. The van der Waals surface area contributed by atoms with Gasteiger partial charge in [0.15, 0.2) is 0 Å². The van der Waals surface area contributed by atoms with E-state index in [-0.39, 0.29) is 6.54 Å². The van der Waals surface area contributed by atoms with E-state index in [2.05, 4.69) is 9.27 Å². The van der Waals surface area contributed by atoms with Gasteiger partial charge < -0.3 is 9.47 Å². The summed E-state index contributed by atoms with van der Waals surface area (Å²) in [4.78, 5) is 17.8. The highest BCUT2D eigenvalue weighted by Crippen LogP contribution is 2.33. The summed E-state index contributed by atoms with van der Waals surface area (Å²) >= 11 is 0. The van der Waals surface area contributed by atoms with Crippen molar-refractivity contribution in [3.63, 3.8) is 0 Å². The zero-order valence-electron chi connectivity index (χ0n) is 10.4. The van der Waals surface area contributed by atoms with Gasteiger partial charge in [-0.15, -0.1) is 4.28 Å². The summed E-state index contributed by atoms with van der Waals surface area (Å²) in [5.41, 5.74) is 0. The first-order valence-electron chi connectivity index (χ1n) is 5.79. The van der Waals surface area contributed by atoms with Crippen molar-refractivity contribution in [2.24, 2.45) is 7.05 Å². The molecule has 2 bridgehead atoms. The molecule has 2 aliphatic heterocycles. The number of urea groups is 1. The Kier molecular flexibility index (Phi) is 2.81. The van der Waals surface area contributed by atoms with Crippen molar-refractivity contribution in [3.05, 3.63) is 30.4 Å². The molecule has 20 heavy (non-hydrogen) atoms. The predicted octanol–water partition coefficient (Wildman–Crippen LogP) is -0.128. The Hall–Kier alpha value is -1.91. The van der Waals surface area contributed by atoms with Gasteiger partial charge in [-0.05, 0) is 0 Å². The minimum atomic E-state index is -4.73. The maximum Gasteiger partial charge on any atom is 0.418 e. The number of carbonyl (C=O) groups is 1. The molecule has 2 aliphatic rings. The van der Waals surface area contributed by atoms with Crippen LogP contribution in [0.4, 0.5) is 4.79 Å². The molecule has 1 aromatic heterocycles. The molecule has 0 aliphatic carbocycles. The third-order valence-electron chi connectivity index (χ3n) is 3.27. The van der Waals surface area contributed by atoms with Gasteiger partial charge in [-0.2, -0.15) is 13.5 Å². The monoisotopic (exact) mass is 300 g/mol. The van der Waals surface area contributed by atoms with Crippen LogP contribution in [0.5, 0.6) is 0 Å². The first kappa shape index (κ1) is 13.1. The van der Waals surface area contributed by atoms with Crippen LogP contribution in [-0.4, -0.2) is 51.1 Å². The van der Waals surface area contributed by atoms with Gasteiger partial charge in [-0.25, -0.2) is 9.78 Å². The zero-order valence-corrected chi connectivity index (χ0v) is 11.3. The number of nitrogens with zero attached hydrogens (tertiary/aromatic N) is 4. The third kappa shape index (κ3) is 2.07. The van der Waals surface area contributed by atoms with E-state index in [0.29, 0.717) is 10.9 Å². The number of hydrogen-bond acceptors (Lipinski definition) is 5. The molecule has 9 nitrogen and oxygen atoms in total. The average molecular weight is 300 g/mol. The molecular weight excluding hydrogens is 288 g/mol. The second-order valence-corrected chi connectivity index (χ2v) is 5.56. The van der Waals surface area contributed by atoms with E-state index in [9.17, 15) is 13.2 Å². The highest BCUT2D eigenvalue weighted by atomic mass is 32.3. The molecular formula is C10H12N4O5S. The summed E-state index contributed by atoms with van der Waals surface area (Å²) < 4.78 is 36.3. The number of carbonyl (C=O) groups excluding carboxylic acids is 1. The summed E-state index contributed by atoms with van der Waals surface area (Å²) in [7, 11) is -2.93. The van der Waals surface area contributed by atoms with Crippen LogP contribution in [0.25, 0.3) is 0 Å². The molecule has 3 rings (SSSR count). The summed E-state index contributed by atoms with van der Waals surface area (Å²) in [5.74, 6) is 0.654. The summed E-state index contributed by atoms with van der Waals surface area (Å²) in [5, 5.41) is 0.648. The van der Waals surface area contributed by atoms with Crippen molar-refractivity contribution >= 4 is 16.4 Å². The molecule has 1 unspecified atom stereocenters. The number of amides is 2. The van der Waals surface area contributed by atoms with Crippen LogP contribution in [0.1, 0.15) is 11.9 Å². The number of fused-ring (bicyclic) bond motifs is 2. The largest absolute Gasteiger partial charge is 0.418 e. The van der Waals surface area contributed by atoms with Crippen LogP contribution in [0.3, 0.4) is 0 Å². The van der Waals surface area contributed by atoms with Crippen LogP contribution >= 0.6 is 0 Å². The van der Waals surface area contributed by atoms with Crippen LogP contribution in [0.2, 0.25) is 0 Å².